The maximum atomic E-state index is 13.8. The number of ether oxygens (including phenoxy) is 1. The van der Waals surface area contributed by atoms with Crippen LogP contribution in [0.25, 0.3) is 10.8 Å². The second kappa shape index (κ2) is 9.22. The van der Waals surface area contributed by atoms with E-state index < -0.39 is 28.4 Å². The molecule has 4 aromatic rings. The third-order valence-corrected chi connectivity index (χ3v) is 6.29. The zero-order valence-corrected chi connectivity index (χ0v) is 18.0. The minimum absolute atomic E-state index is 0.0582. The molecule has 4 rings (SSSR count). The van der Waals surface area contributed by atoms with Crippen LogP contribution in [-0.4, -0.2) is 26.8 Å². The predicted molar refractivity (Wildman–Crippen MR) is 122 cm³/mol. The summed E-state index contributed by atoms with van der Waals surface area (Å²) in [4.78, 5) is 24.9. The van der Waals surface area contributed by atoms with Crippen molar-refractivity contribution in [1.29, 1.82) is 0 Å². The molecule has 0 radical (unpaired) electrons. The molecule has 0 saturated carbocycles. The maximum absolute atomic E-state index is 13.8. The lowest BCUT2D eigenvalue weighted by atomic mass is 10.0. The van der Waals surface area contributed by atoms with Crippen molar-refractivity contribution in [3.63, 3.8) is 0 Å². The molecule has 0 aliphatic heterocycles. The number of hydrogen-bond acceptors (Lipinski definition) is 5. The van der Waals surface area contributed by atoms with Gasteiger partial charge in [0.25, 0.3) is 10.0 Å². The third-order valence-electron chi connectivity index (χ3n) is 4.92. The first-order valence-corrected chi connectivity index (χ1v) is 11.4. The van der Waals surface area contributed by atoms with E-state index in [0.717, 1.165) is 22.9 Å². The molecule has 1 N–H and O–H groups in total. The topological polar surface area (TPSA) is 89.5 Å². The largest absolute Gasteiger partial charge is 0.454 e. The molecule has 0 saturated heterocycles. The van der Waals surface area contributed by atoms with Gasteiger partial charge in [-0.2, -0.15) is 0 Å². The molecule has 6 nitrogen and oxygen atoms in total. The van der Waals surface area contributed by atoms with Crippen molar-refractivity contribution in [1.82, 2.24) is 0 Å². The zero-order chi connectivity index (χ0) is 23.4. The molecule has 4 aromatic carbocycles. The van der Waals surface area contributed by atoms with Crippen LogP contribution in [-0.2, 0) is 14.8 Å². The van der Waals surface area contributed by atoms with Gasteiger partial charge in [0.1, 0.15) is 5.82 Å². The minimum atomic E-state index is -4.16. The molecular weight excluding hydrogens is 445 g/mol. The van der Waals surface area contributed by atoms with Crippen LogP contribution in [0.2, 0.25) is 0 Å². The number of anilines is 1. The Balaban J connectivity index is 1.49. The van der Waals surface area contributed by atoms with Gasteiger partial charge in [0.05, 0.1) is 16.1 Å². The van der Waals surface area contributed by atoms with Gasteiger partial charge in [-0.15, -0.1) is 0 Å². The molecule has 0 unspecified atom stereocenters. The summed E-state index contributed by atoms with van der Waals surface area (Å²) >= 11 is 0. The van der Waals surface area contributed by atoms with E-state index in [9.17, 15) is 22.4 Å². The van der Waals surface area contributed by atoms with E-state index in [4.69, 9.17) is 4.74 Å². The highest BCUT2D eigenvalue weighted by Crippen LogP contribution is 2.21. The van der Waals surface area contributed by atoms with E-state index >= 15 is 0 Å². The van der Waals surface area contributed by atoms with Gasteiger partial charge in [-0.25, -0.2) is 17.6 Å². The van der Waals surface area contributed by atoms with Crippen molar-refractivity contribution in [2.45, 2.75) is 4.90 Å². The second-order valence-corrected chi connectivity index (χ2v) is 8.82. The molecule has 166 valence electrons. The standard InChI is InChI=1S/C25H18FNO5S/c26-22-13-3-4-14-23(22)27-33(30,31)19-10-5-9-18(15-19)25(29)32-16-24(28)21-12-6-8-17-7-1-2-11-20(17)21/h1-15,27H,16H2. The lowest BCUT2D eigenvalue weighted by Gasteiger charge is -2.10. The number of carbonyl (C=O) groups is 2. The van der Waals surface area contributed by atoms with Crippen LogP contribution in [0, 0.1) is 5.82 Å². The SMILES string of the molecule is O=C(OCC(=O)c1cccc2ccccc12)c1cccc(S(=O)(=O)Nc2ccccc2F)c1. The lowest BCUT2D eigenvalue weighted by Crippen LogP contribution is -2.17. The molecule has 0 bridgehead atoms. The fourth-order valence-corrected chi connectivity index (χ4v) is 4.41. The van der Waals surface area contributed by atoms with E-state index in [1.54, 1.807) is 18.2 Å². The molecule has 0 amide bonds. The van der Waals surface area contributed by atoms with Crippen LogP contribution in [0.5, 0.6) is 0 Å². The van der Waals surface area contributed by atoms with Crippen molar-refractivity contribution in [3.8, 4) is 0 Å². The van der Waals surface area contributed by atoms with Gasteiger partial charge in [-0.3, -0.25) is 9.52 Å². The molecule has 33 heavy (non-hydrogen) atoms. The third kappa shape index (κ3) is 4.91. The van der Waals surface area contributed by atoms with Crippen LogP contribution in [0.1, 0.15) is 20.7 Å². The molecule has 0 fully saturated rings. The Morgan fingerprint density at radius 1 is 0.848 bits per heavy atom. The number of halogens is 1. The summed E-state index contributed by atoms with van der Waals surface area (Å²) in [6, 6.07) is 23.0. The van der Waals surface area contributed by atoms with Crippen LogP contribution >= 0.6 is 0 Å². The first-order chi connectivity index (χ1) is 15.8. The van der Waals surface area contributed by atoms with Crippen LogP contribution < -0.4 is 4.72 Å². The summed E-state index contributed by atoms with van der Waals surface area (Å²) in [5, 5.41) is 1.63. The summed E-state index contributed by atoms with van der Waals surface area (Å²) in [5.74, 6) is -1.97. The van der Waals surface area contributed by atoms with Crippen molar-refractivity contribution in [2.75, 3.05) is 11.3 Å². The van der Waals surface area contributed by atoms with Crippen LogP contribution in [0.3, 0.4) is 0 Å². The average Bonchev–Trinajstić information content (AvgIpc) is 2.83. The van der Waals surface area contributed by atoms with E-state index in [0.29, 0.717) is 5.56 Å². The number of Topliss-reactive ketones (excluding diaryl/α,β-unsaturated/α-hetero) is 1. The second-order valence-electron chi connectivity index (χ2n) is 7.14. The Kier molecular flexibility index (Phi) is 6.19. The molecule has 0 atom stereocenters. The Bertz CT molecular complexity index is 1460. The summed E-state index contributed by atoms with van der Waals surface area (Å²) < 4.78 is 46.3. The van der Waals surface area contributed by atoms with Crippen molar-refractivity contribution < 1.29 is 27.1 Å². The number of esters is 1. The van der Waals surface area contributed by atoms with Gasteiger partial charge in [0.2, 0.25) is 5.78 Å². The number of sulfonamides is 1. The zero-order valence-electron chi connectivity index (χ0n) is 17.2. The summed E-state index contributed by atoms with van der Waals surface area (Å²) in [5.41, 5.74) is 0.148. The number of nitrogens with one attached hydrogen (secondary N) is 1. The van der Waals surface area contributed by atoms with Gasteiger partial charge in [0.15, 0.2) is 6.61 Å². The van der Waals surface area contributed by atoms with Crippen LogP contribution in [0.15, 0.2) is 95.9 Å². The quantitative estimate of drug-likeness (QED) is 0.314. The molecular formula is C25H18FNO5S. The highest BCUT2D eigenvalue weighted by atomic mass is 32.2. The monoisotopic (exact) mass is 463 g/mol. The van der Waals surface area contributed by atoms with Crippen molar-refractivity contribution >= 4 is 38.2 Å². The van der Waals surface area contributed by atoms with E-state index in [2.05, 4.69) is 4.72 Å². The van der Waals surface area contributed by atoms with Crippen molar-refractivity contribution in [3.05, 3.63) is 108 Å². The number of para-hydroxylation sites is 1. The van der Waals surface area contributed by atoms with E-state index in [1.807, 2.05) is 24.3 Å². The fourth-order valence-electron chi connectivity index (χ4n) is 3.30. The molecule has 0 spiro atoms. The number of ketones is 1. The first-order valence-electron chi connectivity index (χ1n) is 9.91. The summed E-state index contributed by atoms with van der Waals surface area (Å²) in [6.07, 6.45) is 0. The van der Waals surface area contributed by atoms with Gasteiger partial charge < -0.3 is 4.74 Å². The summed E-state index contributed by atoms with van der Waals surface area (Å²) in [6.45, 7) is -0.503. The number of fused-ring (bicyclic) bond motifs is 1. The summed E-state index contributed by atoms with van der Waals surface area (Å²) in [7, 11) is -4.16. The molecule has 0 aromatic heterocycles. The average molecular weight is 463 g/mol. The molecule has 0 aliphatic rings. The molecule has 8 heteroatoms. The smallest absolute Gasteiger partial charge is 0.338 e. The van der Waals surface area contributed by atoms with E-state index in [-0.39, 0.29) is 21.9 Å². The first kappa shape index (κ1) is 22.2. The van der Waals surface area contributed by atoms with Gasteiger partial charge in [0, 0.05) is 5.56 Å². The maximum Gasteiger partial charge on any atom is 0.338 e. The van der Waals surface area contributed by atoms with Crippen LogP contribution in [0.4, 0.5) is 10.1 Å². The lowest BCUT2D eigenvalue weighted by molar-refractivity contribution is 0.0475. The molecule has 0 aliphatic carbocycles. The Morgan fingerprint density at radius 3 is 2.36 bits per heavy atom. The number of rotatable bonds is 7. The number of hydrogen-bond donors (Lipinski definition) is 1. The Hall–Kier alpha value is -4.04. The Morgan fingerprint density at radius 2 is 1.55 bits per heavy atom. The van der Waals surface area contributed by atoms with Gasteiger partial charge in [-0.05, 0) is 41.1 Å². The van der Waals surface area contributed by atoms with E-state index in [1.165, 1.54) is 36.4 Å². The fraction of sp³-hybridized carbons (Fsp3) is 0.0400. The van der Waals surface area contributed by atoms with Gasteiger partial charge >= 0.3 is 5.97 Å². The number of benzene rings is 4. The number of carbonyl (C=O) groups excluding carboxylic acids is 2. The van der Waals surface area contributed by atoms with Crippen molar-refractivity contribution in [2.24, 2.45) is 0 Å². The molecule has 0 heterocycles. The highest BCUT2D eigenvalue weighted by molar-refractivity contribution is 7.92. The minimum Gasteiger partial charge on any atom is -0.454 e. The Labute approximate surface area is 189 Å². The normalized spacial score (nSPS) is 11.2. The predicted octanol–water partition coefficient (Wildman–Crippen LogP) is 4.82. The van der Waals surface area contributed by atoms with Gasteiger partial charge in [-0.1, -0.05) is 60.7 Å². The highest BCUT2D eigenvalue weighted by Gasteiger charge is 2.19.